The summed E-state index contributed by atoms with van der Waals surface area (Å²) in [6.07, 6.45) is 3.98. The molecule has 1 saturated heterocycles. The Morgan fingerprint density at radius 1 is 1.35 bits per heavy atom. The van der Waals surface area contributed by atoms with Gasteiger partial charge in [0, 0.05) is 13.1 Å². The van der Waals surface area contributed by atoms with Crippen LogP contribution in [-0.4, -0.2) is 23.9 Å². The fraction of sp³-hybridized carbons (Fsp3) is 0.438. The number of aryl methyl sites for hydroxylation is 1. The van der Waals surface area contributed by atoms with E-state index in [1.165, 1.54) is 5.56 Å². The molecule has 4 heteroatoms. The maximum atomic E-state index is 12.4. The number of carbonyl (C=O) groups excluding carboxylic acids is 1. The van der Waals surface area contributed by atoms with Crippen LogP contribution >= 0.6 is 12.4 Å². The Hall–Kier alpha value is -1.32. The van der Waals surface area contributed by atoms with Gasteiger partial charge in [0.15, 0.2) is 0 Å². The molecule has 1 heterocycles. The summed E-state index contributed by atoms with van der Waals surface area (Å²) in [5.41, 5.74) is 8.14. The van der Waals surface area contributed by atoms with Crippen LogP contribution in [-0.2, 0) is 4.79 Å². The summed E-state index contributed by atoms with van der Waals surface area (Å²) < 4.78 is 0. The van der Waals surface area contributed by atoms with Crippen molar-refractivity contribution in [1.82, 2.24) is 4.90 Å². The number of carbonyl (C=O) groups is 1. The lowest BCUT2D eigenvalue weighted by Crippen LogP contribution is -2.43. The minimum Gasteiger partial charge on any atom is -0.341 e. The predicted octanol–water partition coefficient (Wildman–Crippen LogP) is 2.84. The molecule has 2 N–H and O–H groups in total. The first-order valence-corrected chi connectivity index (χ1v) is 6.85. The third kappa shape index (κ3) is 3.84. The molecule has 20 heavy (non-hydrogen) atoms. The van der Waals surface area contributed by atoms with Crippen LogP contribution in [0.25, 0.3) is 0 Å². The average Bonchev–Trinajstić information content (AvgIpc) is 2.46. The first-order valence-electron chi connectivity index (χ1n) is 6.85. The molecule has 1 fully saturated rings. The van der Waals surface area contributed by atoms with Gasteiger partial charge in [-0.1, -0.05) is 35.9 Å². The lowest BCUT2D eigenvalue weighted by molar-refractivity contribution is -0.133. The summed E-state index contributed by atoms with van der Waals surface area (Å²) in [4.78, 5) is 14.2. The maximum Gasteiger partial charge on any atom is 0.244 e. The zero-order valence-corrected chi connectivity index (χ0v) is 12.7. The molecule has 0 aliphatic carbocycles. The van der Waals surface area contributed by atoms with Crippen LogP contribution in [0.2, 0.25) is 0 Å². The highest BCUT2D eigenvalue weighted by Gasteiger charge is 2.25. The molecule has 1 aliphatic rings. The molecular formula is C16H23ClN2O. The molecule has 0 bridgehead atoms. The lowest BCUT2D eigenvalue weighted by Gasteiger charge is -2.32. The van der Waals surface area contributed by atoms with Crippen molar-refractivity contribution in [1.29, 1.82) is 0 Å². The van der Waals surface area contributed by atoms with Gasteiger partial charge in [0.05, 0.1) is 0 Å². The van der Waals surface area contributed by atoms with Crippen LogP contribution in [0.15, 0.2) is 36.9 Å². The Kier molecular flexibility index (Phi) is 6.24. The minimum atomic E-state index is -0.541. The standard InChI is InChI=1S/C16H22N2O.ClH/c1-3-13-8-10-18(11-9-13)16(19)15(17)14-6-4-12(2)5-7-14;/h3-7,13,15H,1,8-11,17H2,2H3;1H. The van der Waals surface area contributed by atoms with Crippen molar-refractivity contribution in [2.24, 2.45) is 11.7 Å². The van der Waals surface area contributed by atoms with Gasteiger partial charge in [0.25, 0.3) is 0 Å². The number of benzene rings is 1. The Morgan fingerprint density at radius 3 is 2.40 bits per heavy atom. The molecule has 0 radical (unpaired) electrons. The van der Waals surface area contributed by atoms with Crippen molar-refractivity contribution in [2.75, 3.05) is 13.1 Å². The summed E-state index contributed by atoms with van der Waals surface area (Å²) >= 11 is 0. The molecule has 1 aromatic rings. The van der Waals surface area contributed by atoms with E-state index >= 15 is 0 Å². The molecule has 0 spiro atoms. The summed E-state index contributed by atoms with van der Waals surface area (Å²) in [5.74, 6) is 0.575. The van der Waals surface area contributed by atoms with E-state index in [2.05, 4.69) is 6.58 Å². The van der Waals surface area contributed by atoms with Crippen LogP contribution < -0.4 is 5.73 Å². The molecule has 0 saturated carbocycles. The number of piperidine rings is 1. The average molecular weight is 295 g/mol. The number of halogens is 1. The molecule has 1 unspecified atom stereocenters. The van der Waals surface area contributed by atoms with E-state index in [0.29, 0.717) is 5.92 Å². The zero-order valence-electron chi connectivity index (χ0n) is 11.9. The molecule has 1 aromatic carbocycles. The number of nitrogens with zero attached hydrogens (tertiary/aromatic N) is 1. The topological polar surface area (TPSA) is 46.3 Å². The second kappa shape index (κ2) is 7.46. The summed E-state index contributed by atoms with van der Waals surface area (Å²) in [6, 6.07) is 7.32. The van der Waals surface area contributed by atoms with E-state index in [0.717, 1.165) is 31.5 Å². The number of likely N-dealkylation sites (tertiary alicyclic amines) is 1. The normalized spacial score (nSPS) is 17.2. The van der Waals surface area contributed by atoms with Gasteiger partial charge >= 0.3 is 0 Å². The summed E-state index contributed by atoms with van der Waals surface area (Å²) in [6.45, 7) is 7.42. The number of rotatable bonds is 3. The molecule has 1 aliphatic heterocycles. The van der Waals surface area contributed by atoms with Crippen LogP contribution in [0, 0.1) is 12.8 Å². The minimum absolute atomic E-state index is 0. The molecular weight excluding hydrogens is 272 g/mol. The fourth-order valence-electron chi connectivity index (χ4n) is 2.47. The Morgan fingerprint density at radius 2 is 1.90 bits per heavy atom. The van der Waals surface area contributed by atoms with Crippen molar-refractivity contribution >= 4 is 18.3 Å². The fourth-order valence-corrected chi connectivity index (χ4v) is 2.47. The summed E-state index contributed by atoms with van der Waals surface area (Å²) in [7, 11) is 0. The van der Waals surface area contributed by atoms with Crippen LogP contribution in [0.1, 0.15) is 30.0 Å². The van der Waals surface area contributed by atoms with Crippen molar-refractivity contribution < 1.29 is 4.79 Å². The van der Waals surface area contributed by atoms with Crippen molar-refractivity contribution in [3.8, 4) is 0 Å². The van der Waals surface area contributed by atoms with E-state index in [9.17, 15) is 4.79 Å². The van der Waals surface area contributed by atoms with Crippen molar-refractivity contribution in [3.05, 3.63) is 48.0 Å². The van der Waals surface area contributed by atoms with E-state index in [-0.39, 0.29) is 18.3 Å². The molecule has 0 aromatic heterocycles. The monoisotopic (exact) mass is 294 g/mol. The maximum absolute atomic E-state index is 12.4. The molecule has 3 nitrogen and oxygen atoms in total. The highest BCUT2D eigenvalue weighted by atomic mass is 35.5. The van der Waals surface area contributed by atoms with Gasteiger partial charge in [-0.05, 0) is 31.2 Å². The van der Waals surface area contributed by atoms with Crippen LogP contribution in [0.3, 0.4) is 0 Å². The number of hydrogen-bond donors (Lipinski definition) is 1. The molecule has 110 valence electrons. The number of amides is 1. The van der Waals surface area contributed by atoms with Gasteiger partial charge in [-0.3, -0.25) is 4.79 Å². The van der Waals surface area contributed by atoms with Gasteiger partial charge in [-0.2, -0.15) is 0 Å². The molecule has 2 rings (SSSR count). The van der Waals surface area contributed by atoms with E-state index < -0.39 is 6.04 Å². The second-order valence-corrected chi connectivity index (χ2v) is 5.29. The van der Waals surface area contributed by atoms with Crippen LogP contribution in [0.4, 0.5) is 0 Å². The van der Waals surface area contributed by atoms with E-state index in [4.69, 9.17) is 5.73 Å². The van der Waals surface area contributed by atoms with E-state index in [1.54, 1.807) is 0 Å². The van der Waals surface area contributed by atoms with Gasteiger partial charge in [-0.25, -0.2) is 0 Å². The molecule has 1 atom stereocenters. The second-order valence-electron chi connectivity index (χ2n) is 5.29. The first kappa shape index (κ1) is 16.7. The number of nitrogens with two attached hydrogens (primary N) is 1. The number of hydrogen-bond acceptors (Lipinski definition) is 2. The highest BCUT2D eigenvalue weighted by Crippen LogP contribution is 2.21. The van der Waals surface area contributed by atoms with Crippen LogP contribution in [0.5, 0.6) is 0 Å². The third-order valence-electron chi connectivity index (χ3n) is 3.89. The smallest absolute Gasteiger partial charge is 0.244 e. The van der Waals surface area contributed by atoms with Gasteiger partial charge in [-0.15, -0.1) is 19.0 Å². The predicted molar refractivity (Wildman–Crippen MR) is 84.9 cm³/mol. The zero-order chi connectivity index (χ0) is 13.8. The Balaban J connectivity index is 0.00000200. The Labute approximate surface area is 127 Å². The lowest BCUT2D eigenvalue weighted by atomic mass is 9.96. The van der Waals surface area contributed by atoms with Crippen molar-refractivity contribution in [3.63, 3.8) is 0 Å². The van der Waals surface area contributed by atoms with E-state index in [1.807, 2.05) is 42.2 Å². The van der Waals surface area contributed by atoms with Crippen molar-refractivity contribution in [2.45, 2.75) is 25.8 Å². The quantitative estimate of drug-likeness (QED) is 0.871. The SMILES string of the molecule is C=CC1CCN(C(=O)C(N)c2ccc(C)cc2)CC1.Cl. The Bertz CT molecular complexity index is 450. The number of allylic oxidation sites excluding steroid dienone is 1. The van der Waals surface area contributed by atoms with Gasteiger partial charge < -0.3 is 10.6 Å². The van der Waals surface area contributed by atoms with Gasteiger partial charge in [0.1, 0.15) is 6.04 Å². The highest BCUT2D eigenvalue weighted by molar-refractivity contribution is 5.85. The van der Waals surface area contributed by atoms with Gasteiger partial charge in [0.2, 0.25) is 5.91 Å². The summed E-state index contributed by atoms with van der Waals surface area (Å²) in [5, 5.41) is 0. The largest absolute Gasteiger partial charge is 0.341 e. The first-order chi connectivity index (χ1) is 9.11. The molecule has 1 amide bonds. The third-order valence-corrected chi connectivity index (χ3v) is 3.89.